The Bertz CT molecular complexity index is 3700. The molecule has 0 radical (unpaired) electrons. The van der Waals surface area contributed by atoms with Crippen LogP contribution in [-0.2, 0) is 5.41 Å². The van der Waals surface area contributed by atoms with Gasteiger partial charge < -0.3 is 9.47 Å². The lowest BCUT2D eigenvalue weighted by atomic mass is 9.82. The molecule has 0 unspecified atom stereocenters. The maximum absolute atomic E-state index is 2.44. The molecule has 62 heavy (non-hydrogen) atoms. The fraction of sp³-hybridized carbons (Fsp3) is 0.0508. The molecule has 2 nitrogen and oxygen atoms in total. The van der Waals surface area contributed by atoms with Gasteiger partial charge >= 0.3 is 0 Å². The van der Waals surface area contributed by atoms with Gasteiger partial charge in [0.25, 0.3) is 0 Å². The largest absolute Gasteiger partial charge is 0.310 e. The number of hydrogen-bond donors (Lipinski definition) is 0. The van der Waals surface area contributed by atoms with E-state index in [2.05, 4.69) is 230 Å². The van der Waals surface area contributed by atoms with Gasteiger partial charge in [0.2, 0.25) is 0 Å². The highest BCUT2D eigenvalue weighted by molar-refractivity contribution is 7.25. The molecule has 0 bridgehead atoms. The predicted molar refractivity (Wildman–Crippen MR) is 265 cm³/mol. The standard InChI is InChI=1S/C59H40N2S/c1-59(2)51-18-10-9-17-46(51)47-30-26-43(35-52(47)59)60(42-24-20-38(21-25-42)37-12-5-3-6-13-37)44-27-31-49-48-28-23-40(34-55(48)62-56(49)36-44)45-32-33-54-58-50(45)29-22-39-14-11-19-53(57(39)58)61(54)41-15-7-4-8-16-41/h3-36H,1-2H3. The molecule has 10 aromatic carbocycles. The zero-order valence-corrected chi connectivity index (χ0v) is 35.2. The summed E-state index contributed by atoms with van der Waals surface area (Å²) in [6, 6.07) is 76.5. The number of thiophene rings is 1. The molecule has 1 aliphatic carbocycles. The van der Waals surface area contributed by atoms with Crippen molar-refractivity contribution in [1.82, 2.24) is 4.57 Å². The van der Waals surface area contributed by atoms with Crippen LogP contribution in [0.5, 0.6) is 0 Å². The van der Waals surface area contributed by atoms with E-state index in [0.717, 1.165) is 17.1 Å². The first-order chi connectivity index (χ1) is 30.5. The monoisotopic (exact) mass is 808 g/mol. The van der Waals surface area contributed by atoms with E-state index in [9.17, 15) is 0 Å². The number of aromatic nitrogens is 1. The Balaban J connectivity index is 0.941. The highest BCUT2D eigenvalue weighted by atomic mass is 32.1. The minimum absolute atomic E-state index is 0.0992. The number of fused-ring (bicyclic) bond motifs is 6. The van der Waals surface area contributed by atoms with E-state index in [1.165, 1.54) is 103 Å². The van der Waals surface area contributed by atoms with Gasteiger partial charge in [-0.05, 0) is 122 Å². The van der Waals surface area contributed by atoms with Crippen molar-refractivity contribution >= 4 is 81.1 Å². The molecule has 0 atom stereocenters. The molecular formula is C59H40N2S. The van der Waals surface area contributed by atoms with Crippen LogP contribution in [0.25, 0.3) is 91.8 Å². The van der Waals surface area contributed by atoms with Crippen LogP contribution in [0.15, 0.2) is 206 Å². The summed E-state index contributed by atoms with van der Waals surface area (Å²) in [6.07, 6.45) is 0. The minimum Gasteiger partial charge on any atom is -0.310 e. The quantitative estimate of drug-likeness (QED) is 0.152. The van der Waals surface area contributed by atoms with Crippen LogP contribution < -0.4 is 4.90 Å². The Morgan fingerprint density at radius 2 is 1.02 bits per heavy atom. The predicted octanol–water partition coefficient (Wildman–Crippen LogP) is 16.9. The molecule has 0 aliphatic heterocycles. The first-order valence-electron chi connectivity index (χ1n) is 21.5. The van der Waals surface area contributed by atoms with Crippen molar-refractivity contribution in [2.45, 2.75) is 19.3 Å². The second-order valence-electron chi connectivity index (χ2n) is 17.3. The van der Waals surface area contributed by atoms with Crippen LogP contribution in [0.4, 0.5) is 17.1 Å². The second-order valence-corrected chi connectivity index (χ2v) is 18.4. The van der Waals surface area contributed by atoms with Crippen molar-refractivity contribution in [3.05, 3.63) is 217 Å². The van der Waals surface area contributed by atoms with Crippen LogP contribution in [0.3, 0.4) is 0 Å². The number of rotatable bonds is 6. The molecule has 0 fully saturated rings. The van der Waals surface area contributed by atoms with Gasteiger partial charge in [-0.15, -0.1) is 11.3 Å². The summed E-state index contributed by atoms with van der Waals surface area (Å²) in [5.41, 5.74) is 17.4. The molecule has 0 saturated carbocycles. The molecule has 1 aliphatic rings. The molecule has 2 heterocycles. The number of para-hydroxylation sites is 1. The van der Waals surface area contributed by atoms with Gasteiger partial charge in [0.05, 0.1) is 11.0 Å². The highest BCUT2D eigenvalue weighted by Gasteiger charge is 2.35. The van der Waals surface area contributed by atoms with E-state index in [1.54, 1.807) is 0 Å². The van der Waals surface area contributed by atoms with Crippen molar-refractivity contribution in [2.75, 3.05) is 4.90 Å². The van der Waals surface area contributed by atoms with Crippen LogP contribution in [0.2, 0.25) is 0 Å². The zero-order valence-electron chi connectivity index (χ0n) is 34.4. The van der Waals surface area contributed by atoms with Gasteiger partial charge in [-0.2, -0.15) is 0 Å². The molecule has 0 saturated heterocycles. The summed E-state index contributed by atoms with van der Waals surface area (Å²) in [5, 5.41) is 7.81. The third-order valence-electron chi connectivity index (χ3n) is 13.6. The molecular weight excluding hydrogens is 769 g/mol. The highest BCUT2D eigenvalue weighted by Crippen LogP contribution is 2.51. The minimum atomic E-state index is -0.0992. The smallest absolute Gasteiger partial charge is 0.0547 e. The number of anilines is 3. The molecule has 292 valence electrons. The van der Waals surface area contributed by atoms with Crippen molar-refractivity contribution in [3.63, 3.8) is 0 Å². The fourth-order valence-electron chi connectivity index (χ4n) is 10.6. The summed E-state index contributed by atoms with van der Waals surface area (Å²) >= 11 is 1.89. The molecule has 12 aromatic rings. The summed E-state index contributed by atoms with van der Waals surface area (Å²) in [5.74, 6) is 0. The van der Waals surface area contributed by atoms with Gasteiger partial charge in [-0.1, -0.05) is 153 Å². The molecule has 2 aromatic heterocycles. The number of nitrogens with zero attached hydrogens (tertiary/aromatic N) is 2. The van der Waals surface area contributed by atoms with Crippen LogP contribution in [0.1, 0.15) is 25.0 Å². The van der Waals surface area contributed by atoms with E-state index >= 15 is 0 Å². The Kier molecular flexibility index (Phi) is 7.56. The van der Waals surface area contributed by atoms with Crippen molar-refractivity contribution in [3.8, 4) is 39.1 Å². The van der Waals surface area contributed by atoms with Gasteiger partial charge in [-0.25, -0.2) is 0 Å². The average Bonchev–Trinajstić information content (AvgIpc) is 3.94. The van der Waals surface area contributed by atoms with Gasteiger partial charge in [0.1, 0.15) is 0 Å². The summed E-state index contributed by atoms with van der Waals surface area (Å²) < 4.78 is 5.00. The summed E-state index contributed by atoms with van der Waals surface area (Å²) in [4.78, 5) is 2.44. The molecule has 0 spiro atoms. The Hall–Kier alpha value is -7.46. The normalized spacial score (nSPS) is 13.1. The van der Waals surface area contributed by atoms with Gasteiger partial charge in [0, 0.05) is 59.1 Å². The van der Waals surface area contributed by atoms with E-state index in [0.29, 0.717) is 0 Å². The molecule has 3 heteroatoms. The van der Waals surface area contributed by atoms with E-state index in [4.69, 9.17) is 0 Å². The van der Waals surface area contributed by atoms with Crippen molar-refractivity contribution in [2.24, 2.45) is 0 Å². The molecule has 0 amide bonds. The van der Waals surface area contributed by atoms with E-state index in [-0.39, 0.29) is 5.41 Å². The third kappa shape index (κ3) is 5.16. The third-order valence-corrected chi connectivity index (χ3v) is 14.7. The van der Waals surface area contributed by atoms with Crippen LogP contribution in [0, 0.1) is 0 Å². The zero-order chi connectivity index (χ0) is 41.1. The lowest BCUT2D eigenvalue weighted by Gasteiger charge is -2.28. The SMILES string of the molecule is CC1(C)c2ccccc2-c2ccc(N(c3ccc(-c4ccccc4)cc3)c3ccc4c(c3)sc3cc(-c5ccc6c7c5ccc5cccc(c57)n6-c5ccccc5)ccc34)cc21. The number of benzene rings is 10. The fourth-order valence-corrected chi connectivity index (χ4v) is 11.8. The lowest BCUT2D eigenvalue weighted by molar-refractivity contribution is 0.660. The van der Waals surface area contributed by atoms with E-state index < -0.39 is 0 Å². The Morgan fingerprint density at radius 3 is 1.85 bits per heavy atom. The Morgan fingerprint density at radius 1 is 0.403 bits per heavy atom. The molecule has 13 rings (SSSR count). The van der Waals surface area contributed by atoms with Crippen LogP contribution >= 0.6 is 11.3 Å². The lowest BCUT2D eigenvalue weighted by Crippen LogP contribution is -2.16. The number of hydrogen-bond acceptors (Lipinski definition) is 2. The van der Waals surface area contributed by atoms with E-state index in [1.807, 2.05) is 11.3 Å². The second kappa shape index (κ2) is 13.3. The maximum atomic E-state index is 2.44. The van der Waals surface area contributed by atoms with Gasteiger partial charge in [-0.3, -0.25) is 0 Å². The maximum Gasteiger partial charge on any atom is 0.0547 e. The van der Waals surface area contributed by atoms with Crippen LogP contribution in [-0.4, -0.2) is 4.57 Å². The average molecular weight is 809 g/mol. The van der Waals surface area contributed by atoms with Crippen molar-refractivity contribution < 1.29 is 0 Å². The first-order valence-corrected chi connectivity index (χ1v) is 22.3. The molecule has 0 N–H and O–H groups in total. The topological polar surface area (TPSA) is 8.17 Å². The van der Waals surface area contributed by atoms with Gasteiger partial charge in [0.15, 0.2) is 0 Å². The first kappa shape index (κ1) is 35.3. The summed E-state index contributed by atoms with van der Waals surface area (Å²) in [6.45, 7) is 4.73. The Labute approximate surface area is 364 Å². The summed E-state index contributed by atoms with van der Waals surface area (Å²) in [7, 11) is 0. The van der Waals surface area contributed by atoms with Crippen molar-refractivity contribution in [1.29, 1.82) is 0 Å².